The van der Waals surface area contributed by atoms with E-state index in [1.807, 2.05) is 17.5 Å². The van der Waals surface area contributed by atoms with Gasteiger partial charge in [-0.1, -0.05) is 6.07 Å². The van der Waals surface area contributed by atoms with Gasteiger partial charge in [0.15, 0.2) is 5.78 Å². The van der Waals surface area contributed by atoms with Crippen molar-refractivity contribution in [2.45, 2.75) is 31.7 Å². The van der Waals surface area contributed by atoms with Gasteiger partial charge in [-0.15, -0.1) is 11.3 Å². The smallest absolute Gasteiger partial charge is 0.245 e. The number of rotatable bonds is 5. The van der Waals surface area contributed by atoms with E-state index in [-0.39, 0.29) is 30.2 Å². The third-order valence-corrected chi connectivity index (χ3v) is 5.03. The monoisotopic (exact) mass is 306 g/mol. The highest BCUT2D eigenvalue weighted by Gasteiger charge is 2.41. The molecule has 2 fully saturated rings. The summed E-state index contributed by atoms with van der Waals surface area (Å²) in [5.41, 5.74) is 0. The normalized spacial score (nSPS) is 21.8. The van der Waals surface area contributed by atoms with Crippen molar-refractivity contribution in [1.82, 2.24) is 9.80 Å². The number of hydrogen-bond acceptors (Lipinski definition) is 4. The van der Waals surface area contributed by atoms with Gasteiger partial charge in [0.05, 0.1) is 11.4 Å². The fourth-order valence-electron chi connectivity index (χ4n) is 3.04. The molecule has 3 heterocycles. The van der Waals surface area contributed by atoms with E-state index in [9.17, 15) is 14.4 Å². The molecule has 0 saturated carbocycles. The van der Waals surface area contributed by atoms with Gasteiger partial charge in [-0.25, -0.2) is 0 Å². The first-order valence-corrected chi connectivity index (χ1v) is 8.20. The SMILES string of the molecule is O=C(CCCN1CC(=O)N2CCCC2C1=O)c1cccs1. The number of piperazine rings is 1. The molecule has 1 aromatic rings. The van der Waals surface area contributed by atoms with Crippen molar-refractivity contribution in [2.24, 2.45) is 0 Å². The van der Waals surface area contributed by atoms with Crippen molar-refractivity contribution in [3.05, 3.63) is 22.4 Å². The van der Waals surface area contributed by atoms with Crippen LogP contribution in [0.4, 0.5) is 0 Å². The van der Waals surface area contributed by atoms with Gasteiger partial charge in [-0.2, -0.15) is 0 Å². The standard InChI is InChI=1S/C15H18N2O3S/c18-12(13-6-3-9-21-13)5-2-7-16-10-14(19)17-8-1-4-11(17)15(16)20/h3,6,9,11H,1-2,4-5,7-8,10H2. The second-order valence-electron chi connectivity index (χ2n) is 5.51. The molecule has 0 aromatic carbocycles. The third-order valence-electron chi connectivity index (χ3n) is 4.12. The lowest BCUT2D eigenvalue weighted by Crippen LogP contribution is -2.57. The topological polar surface area (TPSA) is 57.7 Å². The molecule has 21 heavy (non-hydrogen) atoms. The van der Waals surface area contributed by atoms with Crippen molar-refractivity contribution in [2.75, 3.05) is 19.6 Å². The fraction of sp³-hybridized carbons (Fsp3) is 0.533. The Morgan fingerprint density at radius 1 is 1.38 bits per heavy atom. The van der Waals surface area contributed by atoms with Gasteiger partial charge in [-0.05, 0) is 30.7 Å². The molecule has 0 bridgehead atoms. The van der Waals surface area contributed by atoms with Gasteiger partial charge >= 0.3 is 0 Å². The Morgan fingerprint density at radius 2 is 2.24 bits per heavy atom. The van der Waals surface area contributed by atoms with E-state index >= 15 is 0 Å². The molecule has 1 unspecified atom stereocenters. The number of carbonyl (C=O) groups is 3. The van der Waals surface area contributed by atoms with Crippen LogP contribution in [-0.4, -0.2) is 53.1 Å². The second-order valence-corrected chi connectivity index (χ2v) is 6.46. The summed E-state index contributed by atoms with van der Waals surface area (Å²) in [6.07, 6.45) is 2.72. The number of thiophene rings is 1. The first-order valence-electron chi connectivity index (χ1n) is 7.32. The average molecular weight is 306 g/mol. The van der Waals surface area contributed by atoms with Gasteiger partial charge < -0.3 is 9.80 Å². The van der Waals surface area contributed by atoms with E-state index < -0.39 is 0 Å². The van der Waals surface area contributed by atoms with E-state index in [2.05, 4.69) is 0 Å². The molecular formula is C15H18N2O3S. The molecule has 2 aliphatic heterocycles. The van der Waals surface area contributed by atoms with E-state index in [0.29, 0.717) is 25.9 Å². The molecule has 6 heteroatoms. The molecule has 1 aromatic heterocycles. The average Bonchev–Trinajstić information content (AvgIpc) is 3.14. The van der Waals surface area contributed by atoms with Crippen LogP contribution in [0.3, 0.4) is 0 Å². The molecule has 0 spiro atoms. The first-order chi connectivity index (χ1) is 10.2. The lowest BCUT2D eigenvalue weighted by molar-refractivity contribution is -0.153. The fourth-order valence-corrected chi connectivity index (χ4v) is 3.74. The summed E-state index contributed by atoms with van der Waals surface area (Å²) in [6, 6.07) is 3.43. The number of amides is 2. The molecule has 0 radical (unpaired) electrons. The highest BCUT2D eigenvalue weighted by Crippen LogP contribution is 2.24. The third kappa shape index (κ3) is 2.85. The predicted octanol–water partition coefficient (Wildman–Crippen LogP) is 1.54. The number of nitrogens with zero attached hydrogens (tertiary/aromatic N) is 2. The van der Waals surface area contributed by atoms with Crippen molar-refractivity contribution in [1.29, 1.82) is 0 Å². The van der Waals surface area contributed by atoms with Crippen molar-refractivity contribution in [3.8, 4) is 0 Å². The molecule has 5 nitrogen and oxygen atoms in total. The Balaban J connectivity index is 1.52. The summed E-state index contributed by atoms with van der Waals surface area (Å²) >= 11 is 1.44. The van der Waals surface area contributed by atoms with Gasteiger partial charge in [0.2, 0.25) is 11.8 Å². The molecule has 2 saturated heterocycles. The summed E-state index contributed by atoms with van der Waals surface area (Å²) in [5.74, 6) is 0.209. The number of hydrogen-bond donors (Lipinski definition) is 0. The van der Waals surface area contributed by atoms with Crippen LogP contribution >= 0.6 is 11.3 Å². The van der Waals surface area contributed by atoms with Crippen LogP contribution in [0.15, 0.2) is 17.5 Å². The molecule has 3 rings (SSSR count). The van der Waals surface area contributed by atoms with E-state index in [1.54, 1.807) is 9.80 Å². The van der Waals surface area contributed by atoms with Gasteiger partial charge in [0, 0.05) is 19.5 Å². The van der Waals surface area contributed by atoms with Crippen molar-refractivity contribution in [3.63, 3.8) is 0 Å². The van der Waals surface area contributed by atoms with E-state index in [1.165, 1.54) is 11.3 Å². The van der Waals surface area contributed by atoms with Crippen LogP contribution in [0.5, 0.6) is 0 Å². The van der Waals surface area contributed by atoms with Crippen LogP contribution in [-0.2, 0) is 9.59 Å². The van der Waals surface area contributed by atoms with Gasteiger partial charge in [0.1, 0.15) is 6.04 Å². The lowest BCUT2D eigenvalue weighted by atomic mass is 10.1. The maximum Gasteiger partial charge on any atom is 0.245 e. The van der Waals surface area contributed by atoms with Crippen LogP contribution in [0.1, 0.15) is 35.4 Å². The van der Waals surface area contributed by atoms with E-state index in [0.717, 1.165) is 17.7 Å². The Labute approximate surface area is 127 Å². The highest BCUT2D eigenvalue weighted by atomic mass is 32.1. The number of ketones is 1. The zero-order valence-electron chi connectivity index (χ0n) is 11.8. The summed E-state index contributed by atoms with van der Waals surface area (Å²) in [5, 5.41) is 1.88. The minimum Gasteiger partial charge on any atom is -0.332 e. The number of fused-ring (bicyclic) bond motifs is 1. The number of carbonyl (C=O) groups excluding carboxylic acids is 3. The maximum absolute atomic E-state index is 12.3. The summed E-state index contributed by atoms with van der Waals surface area (Å²) in [6.45, 7) is 1.37. The van der Waals surface area contributed by atoms with E-state index in [4.69, 9.17) is 0 Å². The molecule has 2 aliphatic rings. The zero-order valence-corrected chi connectivity index (χ0v) is 12.6. The van der Waals surface area contributed by atoms with Crippen LogP contribution in [0, 0.1) is 0 Å². The Kier molecular flexibility index (Phi) is 4.05. The van der Waals surface area contributed by atoms with Crippen LogP contribution in [0.25, 0.3) is 0 Å². The Bertz CT molecular complexity index is 555. The van der Waals surface area contributed by atoms with Crippen LogP contribution in [0.2, 0.25) is 0 Å². The summed E-state index contributed by atoms with van der Waals surface area (Å²) in [7, 11) is 0. The predicted molar refractivity (Wildman–Crippen MR) is 79.2 cm³/mol. The summed E-state index contributed by atoms with van der Waals surface area (Å²) in [4.78, 5) is 40.3. The van der Waals surface area contributed by atoms with Crippen molar-refractivity contribution >= 4 is 28.9 Å². The lowest BCUT2D eigenvalue weighted by Gasteiger charge is -2.36. The zero-order chi connectivity index (χ0) is 14.8. The molecule has 1 atom stereocenters. The van der Waals surface area contributed by atoms with Gasteiger partial charge in [-0.3, -0.25) is 14.4 Å². The minimum absolute atomic E-state index is 0.0432. The Morgan fingerprint density at radius 3 is 3.00 bits per heavy atom. The molecule has 0 aliphatic carbocycles. The Hall–Kier alpha value is -1.69. The minimum atomic E-state index is -0.251. The molecular weight excluding hydrogens is 288 g/mol. The number of Topliss-reactive ketones (excluding diaryl/α,β-unsaturated/α-hetero) is 1. The summed E-state index contributed by atoms with van der Waals surface area (Å²) < 4.78 is 0. The first kappa shape index (κ1) is 14.3. The molecule has 0 N–H and O–H groups in total. The highest BCUT2D eigenvalue weighted by molar-refractivity contribution is 7.12. The quantitative estimate of drug-likeness (QED) is 0.776. The maximum atomic E-state index is 12.3. The van der Waals surface area contributed by atoms with Crippen LogP contribution < -0.4 is 0 Å². The largest absolute Gasteiger partial charge is 0.332 e. The molecule has 112 valence electrons. The second kappa shape index (κ2) is 5.97. The van der Waals surface area contributed by atoms with Crippen molar-refractivity contribution < 1.29 is 14.4 Å². The molecule has 2 amide bonds. The van der Waals surface area contributed by atoms with Gasteiger partial charge in [0.25, 0.3) is 0 Å².